The minimum atomic E-state index is 0.301. The van der Waals surface area contributed by atoms with Gasteiger partial charge in [-0.25, -0.2) is 0 Å². The lowest BCUT2D eigenvalue weighted by Gasteiger charge is -2.29. The molecule has 1 fully saturated rings. The van der Waals surface area contributed by atoms with Crippen molar-refractivity contribution in [1.82, 2.24) is 5.32 Å². The fourth-order valence-electron chi connectivity index (χ4n) is 3.05. The van der Waals surface area contributed by atoms with E-state index in [2.05, 4.69) is 53.5 Å². The highest BCUT2D eigenvalue weighted by atomic mass is 16.5. The average Bonchev–Trinajstić information content (AvgIpc) is 2.68. The summed E-state index contributed by atoms with van der Waals surface area (Å²) in [6, 6.07) is 17.5. The second-order valence-corrected chi connectivity index (χ2v) is 6.37. The van der Waals surface area contributed by atoms with Crippen molar-refractivity contribution in [2.45, 2.75) is 26.4 Å². The molecule has 2 aromatic carbocycles. The van der Waals surface area contributed by atoms with Crippen LogP contribution in [0.2, 0.25) is 0 Å². The number of hydrogen-bond acceptors (Lipinski definition) is 4. The van der Waals surface area contributed by atoms with Gasteiger partial charge in [-0.15, -0.1) is 0 Å². The molecule has 1 N–H and O–H groups in total. The van der Waals surface area contributed by atoms with Crippen molar-refractivity contribution in [3.05, 3.63) is 59.7 Å². The van der Waals surface area contributed by atoms with Crippen molar-refractivity contribution in [2.24, 2.45) is 0 Å². The van der Waals surface area contributed by atoms with E-state index in [4.69, 9.17) is 9.47 Å². The highest BCUT2D eigenvalue weighted by molar-refractivity contribution is 5.47. The van der Waals surface area contributed by atoms with E-state index < -0.39 is 0 Å². The zero-order chi connectivity index (χ0) is 17.5. The quantitative estimate of drug-likeness (QED) is 0.832. The molecule has 0 aliphatic carbocycles. The second kappa shape index (κ2) is 8.88. The Morgan fingerprint density at radius 2 is 1.72 bits per heavy atom. The van der Waals surface area contributed by atoms with E-state index in [1.807, 2.05) is 19.1 Å². The molecule has 2 aromatic rings. The molecule has 1 aliphatic heterocycles. The first-order valence-electron chi connectivity index (χ1n) is 9.14. The van der Waals surface area contributed by atoms with Crippen LogP contribution in [0.4, 0.5) is 5.69 Å². The molecule has 1 unspecified atom stereocenters. The third-order valence-corrected chi connectivity index (χ3v) is 4.62. The summed E-state index contributed by atoms with van der Waals surface area (Å²) in [5, 5.41) is 3.59. The Kier molecular flexibility index (Phi) is 6.31. The van der Waals surface area contributed by atoms with Gasteiger partial charge in [-0.2, -0.15) is 0 Å². The molecule has 1 saturated heterocycles. The van der Waals surface area contributed by atoms with Gasteiger partial charge < -0.3 is 19.7 Å². The Balaban J connectivity index is 1.52. The fourth-order valence-corrected chi connectivity index (χ4v) is 3.05. The molecule has 1 heterocycles. The highest BCUT2D eigenvalue weighted by Gasteiger charge is 2.11. The minimum absolute atomic E-state index is 0.301. The third-order valence-electron chi connectivity index (χ3n) is 4.62. The van der Waals surface area contributed by atoms with Gasteiger partial charge in [0.15, 0.2) is 0 Å². The lowest BCUT2D eigenvalue weighted by molar-refractivity contribution is 0.122. The maximum atomic E-state index is 5.50. The van der Waals surface area contributed by atoms with Gasteiger partial charge in [0.1, 0.15) is 5.75 Å². The molecular formula is C21H28N2O2. The summed E-state index contributed by atoms with van der Waals surface area (Å²) < 4.78 is 10.9. The molecule has 3 rings (SSSR count). The molecular weight excluding hydrogens is 312 g/mol. The molecule has 4 heteroatoms. The number of nitrogens with zero attached hydrogens (tertiary/aromatic N) is 1. The number of hydrogen-bond donors (Lipinski definition) is 1. The zero-order valence-corrected chi connectivity index (χ0v) is 15.2. The van der Waals surface area contributed by atoms with Crippen LogP contribution in [-0.2, 0) is 11.3 Å². The predicted octanol–water partition coefficient (Wildman–Crippen LogP) is 3.77. The number of benzene rings is 2. The summed E-state index contributed by atoms with van der Waals surface area (Å²) in [7, 11) is 0. The standard InChI is InChI=1S/C21H28N2O2/c1-3-25-21-10-6-19(7-11-21)17(2)22-16-18-4-8-20(9-5-18)23-12-14-24-15-13-23/h4-11,17,22H,3,12-16H2,1-2H3. The molecule has 0 spiro atoms. The SMILES string of the molecule is CCOc1ccc(C(C)NCc2ccc(N3CCOCC3)cc2)cc1. The Hall–Kier alpha value is -2.04. The summed E-state index contributed by atoms with van der Waals surface area (Å²) >= 11 is 0. The van der Waals surface area contributed by atoms with Gasteiger partial charge in [0.2, 0.25) is 0 Å². The van der Waals surface area contributed by atoms with E-state index >= 15 is 0 Å². The topological polar surface area (TPSA) is 33.7 Å². The van der Waals surface area contributed by atoms with E-state index in [9.17, 15) is 0 Å². The van der Waals surface area contributed by atoms with Crippen molar-refractivity contribution in [3.8, 4) is 5.75 Å². The Bertz CT molecular complexity index is 634. The van der Waals surface area contributed by atoms with Crippen LogP contribution < -0.4 is 15.0 Å². The Morgan fingerprint density at radius 3 is 2.36 bits per heavy atom. The van der Waals surface area contributed by atoms with E-state index in [1.165, 1.54) is 16.8 Å². The largest absolute Gasteiger partial charge is 0.494 e. The Labute approximate surface area is 150 Å². The molecule has 0 saturated carbocycles. The van der Waals surface area contributed by atoms with Crippen LogP contribution in [0, 0.1) is 0 Å². The molecule has 0 radical (unpaired) electrons. The van der Waals surface area contributed by atoms with Crippen molar-refractivity contribution < 1.29 is 9.47 Å². The number of morpholine rings is 1. The monoisotopic (exact) mass is 340 g/mol. The smallest absolute Gasteiger partial charge is 0.119 e. The van der Waals surface area contributed by atoms with Gasteiger partial charge >= 0.3 is 0 Å². The maximum absolute atomic E-state index is 5.50. The summed E-state index contributed by atoms with van der Waals surface area (Å²) in [6.07, 6.45) is 0. The van der Waals surface area contributed by atoms with Crippen LogP contribution in [0.5, 0.6) is 5.75 Å². The van der Waals surface area contributed by atoms with Crippen LogP contribution in [0.25, 0.3) is 0 Å². The van der Waals surface area contributed by atoms with Gasteiger partial charge in [0.05, 0.1) is 19.8 Å². The van der Waals surface area contributed by atoms with Crippen LogP contribution in [0.15, 0.2) is 48.5 Å². The van der Waals surface area contributed by atoms with E-state index in [-0.39, 0.29) is 0 Å². The molecule has 1 aliphatic rings. The molecule has 1 atom stereocenters. The first kappa shape index (κ1) is 17.8. The highest BCUT2D eigenvalue weighted by Crippen LogP contribution is 2.19. The first-order chi connectivity index (χ1) is 12.3. The molecule has 0 bridgehead atoms. The van der Waals surface area contributed by atoms with Gasteiger partial charge in [0.25, 0.3) is 0 Å². The summed E-state index contributed by atoms with van der Waals surface area (Å²) in [6.45, 7) is 9.36. The second-order valence-electron chi connectivity index (χ2n) is 6.37. The number of anilines is 1. The summed E-state index contributed by atoms with van der Waals surface area (Å²) in [4.78, 5) is 2.38. The van der Waals surface area contributed by atoms with Crippen LogP contribution in [0.3, 0.4) is 0 Å². The van der Waals surface area contributed by atoms with E-state index in [0.29, 0.717) is 12.6 Å². The summed E-state index contributed by atoms with van der Waals surface area (Å²) in [5.74, 6) is 0.928. The van der Waals surface area contributed by atoms with Crippen molar-refractivity contribution >= 4 is 5.69 Å². The lowest BCUT2D eigenvalue weighted by Crippen LogP contribution is -2.36. The van der Waals surface area contributed by atoms with E-state index in [0.717, 1.165) is 38.6 Å². The summed E-state index contributed by atoms with van der Waals surface area (Å²) in [5.41, 5.74) is 3.86. The van der Waals surface area contributed by atoms with Gasteiger partial charge in [-0.05, 0) is 49.2 Å². The zero-order valence-electron chi connectivity index (χ0n) is 15.2. The lowest BCUT2D eigenvalue weighted by atomic mass is 10.1. The molecule has 134 valence electrons. The van der Waals surface area contributed by atoms with Gasteiger partial charge in [-0.1, -0.05) is 24.3 Å². The van der Waals surface area contributed by atoms with Crippen LogP contribution in [-0.4, -0.2) is 32.9 Å². The van der Waals surface area contributed by atoms with Crippen molar-refractivity contribution in [2.75, 3.05) is 37.8 Å². The number of nitrogens with one attached hydrogen (secondary N) is 1. The van der Waals surface area contributed by atoms with E-state index in [1.54, 1.807) is 0 Å². The maximum Gasteiger partial charge on any atom is 0.119 e. The molecule has 4 nitrogen and oxygen atoms in total. The fraction of sp³-hybridized carbons (Fsp3) is 0.429. The molecule has 0 aromatic heterocycles. The average molecular weight is 340 g/mol. The predicted molar refractivity (Wildman–Crippen MR) is 102 cm³/mol. The third kappa shape index (κ3) is 4.97. The molecule has 0 amide bonds. The first-order valence-corrected chi connectivity index (χ1v) is 9.14. The normalized spacial score (nSPS) is 15.8. The van der Waals surface area contributed by atoms with Crippen LogP contribution >= 0.6 is 0 Å². The van der Waals surface area contributed by atoms with Gasteiger partial charge in [-0.3, -0.25) is 0 Å². The Morgan fingerprint density at radius 1 is 1.04 bits per heavy atom. The number of ether oxygens (including phenoxy) is 2. The van der Waals surface area contributed by atoms with Crippen molar-refractivity contribution in [3.63, 3.8) is 0 Å². The van der Waals surface area contributed by atoms with Crippen LogP contribution in [0.1, 0.15) is 31.0 Å². The van der Waals surface area contributed by atoms with Crippen molar-refractivity contribution in [1.29, 1.82) is 0 Å². The number of rotatable bonds is 7. The van der Waals surface area contributed by atoms with Gasteiger partial charge in [0, 0.05) is 31.4 Å². The minimum Gasteiger partial charge on any atom is -0.494 e. The molecule has 25 heavy (non-hydrogen) atoms.